The molecular formula is C36H57F3N2O9. The fourth-order valence-corrected chi connectivity index (χ4v) is 6.42. The molecule has 0 aromatic heterocycles. The summed E-state index contributed by atoms with van der Waals surface area (Å²) in [6.07, 6.45) is -0.818. The van der Waals surface area contributed by atoms with E-state index in [4.69, 9.17) is 14.2 Å². The van der Waals surface area contributed by atoms with Crippen LogP contribution in [-0.4, -0.2) is 129 Å². The smallest absolute Gasteiger partial charge is 0.410 e. The van der Waals surface area contributed by atoms with E-state index in [1.807, 2.05) is 13.8 Å². The maximum Gasteiger partial charge on any atom is 0.410 e. The number of esters is 1. The number of piperazine rings is 1. The summed E-state index contributed by atoms with van der Waals surface area (Å²) in [7, 11) is 0. The van der Waals surface area contributed by atoms with Crippen LogP contribution in [-0.2, 0) is 19.0 Å². The summed E-state index contributed by atoms with van der Waals surface area (Å²) in [5.74, 6) is -1.13. The normalized spacial score (nSPS) is 33.8. The number of allylic oxidation sites excluding steroid dienone is 2. The summed E-state index contributed by atoms with van der Waals surface area (Å²) in [6, 6.07) is 0. The molecule has 50 heavy (non-hydrogen) atoms. The van der Waals surface area contributed by atoms with Crippen molar-refractivity contribution >= 4 is 12.1 Å². The fraction of sp³-hybridized carbons (Fsp3) is 0.778. The zero-order valence-electron chi connectivity index (χ0n) is 30.1. The summed E-state index contributed by atoms with van der Waals surface area (Å²) in [5.41, 5.74) is -2.18. The number of aliphatic hydroxyl groups excluding tert-OH is 2. The van der Waals surface area contributed by atoms with Crippen LogP contribution >= 0.6 is 0 Å². The number of ether oxygens (including phenoxy) is 3. The molecule has 11 nitrogen and oxygen atoms in total. The lowest BCUT2D eigenvalue weighted by Gasteiger charge is -2.37. The van der Waals surface area contributed by atoms with Gasteiger partial charge in [-0.2, -0.15) is 13.2 Å². The van der Waals surface area contributed by atoms with Gasteiger partial charge in [-0.05, 0) is 51.7 Å². The van der Waals surface area contributed by atoms with E-state index in [1.165, 1.54) is 17.9 Å². The molecule has 10 atom stereocenters. The second-order valence-electron chi connectivity index (χ2n) is 14.7. The number of carbonyl (C=O) groups excluding carboxylic acids is 2. The van der Waals surface area contributed by atoms with Gasteiger partial charge in [-0.15, -0.1) is 0 Å². The van der Waals surface area contributed by atoms with Gasteiger partial charge in [0.1, 0.15) is 11.7 Å². The number of cyclic esters (lactones) is 1. The lowest BCUT2D eigenvalue weighted by atomic mass is 9.88. The van der Waals surface area contributed by atoms with Crippen molar-refractivity contribution in [2.45, 2.75) is 134 Å². The van der Waals surface area contributed by atoms with E-state index >= 15 is 0 Å². The van der Waals surface area contributed by atoms with Crippen molar-refractivity contribution in [1.82, 2.24) is 9.80 Å². The van der Waals surface area contributed by atoms with E-state index < -0.39 is 66.2 Å². The molecule has 0 spiro atoms. The average Bonchev–Trinajstić information content (AvgIpc) is 3.79. The van der Waals surface area contributed by atoms with Crippen LogP contribution in [0.25, 0.3) is 0 Å². The van der Waals surface area contributed by atoms with Gasteiger partial charge in [-0.1, -0.05) is 45.1 Å². The topological polar surface area (TPSA) is 153 Å². The van der Waals surface area contributed by atoms with Crippen molar-refractivity contribution in [2.75, 3.05) is 32.7 Å². The zero-order valence-corrected chi connectivity index (χ0v) is 30.1. The van der Waals surface area contributed by atoms with Gasteiger partial charge in [0, 0.05) is 51.0 Å². The Hall–Kier alpha value is -2.49. The second kappa shape index (κ2) is 17.8. The van der Waals surface area contributed by atoms with Crippen molar-refractivity contribution in [2.24, 2.45) is 11.8 Å². The third-order valence-corrected chi connectivity index (χ3v) is 9.94. The largest absolute Gasteiger partial charge is 0.457 e. The Morgan fingerprint density at radius 2 is 1.88 bits per heavy atom. The number of halogens is 3. The van der Waals surface area contributed by atoms with Crippen molar-refractivity contribution < 1.29 is 57.4 Å². The molecule has 0 saturated carbocycles. The Bertz CT molecular complexity index is 1210. The quantitative estimate of drug-likeness (QED) is 0.105. The molecule has 0 bridgehead atoms. The molecule has 3 aliphatic rings. The van der Waals surface area contributed by atoms with Crippen molar-refractivity contribution in [3.63, 3.8) is 0 Å². The average molecular weight is 719 g/mol. The molecule has 1 amide bonds. The maximum absolute atomic E-state index is 13.2. The predicted octanol–water partition coefficient (Wildman–Crippen LogP) is 4.28. The number of epoxide rings is 1. The molecule has 3 rings (SSSR count). The van der Waals surface area contributed by atoms with E-state index in [0.29, 0.717) is 18.4 Å². The fourth-order valence-electron chi connectivity index (χ4n) is 6.42. The van der Waals surface area contributed by atoms with E-state index in [2.05, 4.69) is 0 Å². The van der Waals surface area contributed by atoms with Gasteiger partial charge in [-0.3, -0.25) is 9.69 Å². The van der Waals surface area contributed by atoms with E-state index in [1.54, 1.807) is 50.0 Å². The molecule has 10 unspecified atom stereocenters. The Morgan fingerprint density at radius 3 is 2.50 bits per heavy atom. The third-order valence-electron chi connectivity index (χ3n) is 9.94. The summed E-state index contributed by atoms with van der Waals surface area (Å²) in [4.78, 5) is 29.0. The molecule has 0 aromatic carbocycles. The standard InChI is InChI=1S/C36H57F3N2O9/c1-7-27(43)25(4)32-28(48-32)22-34(5,46)13-8-9-23(2)31-24(3)10-11-29(35(6,47)14-12-26(42)21-30(44)50-31)49-33(45)41-19-17-40(18-20-41)16-15-36(37,38)39/h8-11,13,24-29,31-32,42-43,46-47H,7,12,14-22H2,1-6H3/b11-10-,13-8+,23-9+. The highest BCUT2D eigenvalue weighted by molar-refractivity contribution is 5.70. The van der Waals surface area contributed by atoms with Crippen LogP contribution in [0.1, 0.15) is 80.1 Å². The number of rotatable bonds is 11. The summed E-state index contributed by atoms with van der Waals surface area (Å²) in [6.45, 7) is 11.2. The molecule has 4 N–H and O–H groups in total. The van der Waals surface area contributed by atoms with Gasteiger partial charge in [0.05, 0.1) is 42.9 Å². The number of hydrogen-bond donors (Lipinski definition) is 4. The molecule has 3 aliphatic heterocycles. The number of alkyl halides is 3. The van der Waals surface area contributed by atoms with Crippen LogP contribution in [0.3, 0.4) is 0 Å². The summed E-state index contributed by atoms with van der Waals surface area (Å²) >= 11 is 0. The van der Waals surface area contributed by atoms with Crippen LogP contribution in [0.15, 0.2) is 36.0 Å². The first kappa shape index (κ1) is 41.9. The van der Waals surface area contributed by atoms with Gasteiger partial charge in [0.15, 0.2) is 6.10 Å². The van der Waals surface area contributed by atoms with Crippen molar-refractivity contribution in [3.8, 4) is 0 Å². The lowest BCUT2D eigenvalue weighted by Crippen LogP contribution is -2.51. The van der Waals surface area contributed by atoms with Crippen LogP contribution in [0.2, 0.25) is 0 Å². The first-order chi connectivity index (χ1) is 23.2. The number of carbonyl (C=O) groups is 2. The van der Waals surface area contributed by atoms with Crippen molar-refractivity contribution in [3.05, 3.63) is 36.0 Å². The van der Waals surface area contributed by atoms with Crippen LogP contribution in [0.4, 0.5) is 18.0 Å². The molecule has 2 saturated heterocycles. The van der Waals surface area contributed by atoms with Gasteiger partial charge < -0.3 is 39.5 Å². The second-order valence-corrected chi connectivity index (χ2v) is 14.7. The monoisotopic (exact) mass is 718 g/mol. The minimum atomic E-state index is -4.26. The number of hydrogen-bond acceptors (Lipinski definition) is 10. The van der Waals surface area contributed by atoms with Gasteiger partial charge in [0.25, 0.3) is 0 Å². The first-order valence-corrected chi connectivity index (χ1v) is 17.7. The van der Waals surface area contributed by atoms with E-state index in [0.717, 1.165) is 0 Å². The summed E-state index contributed by atoms with van der Waals surface area (Å²) < 4.78 is 55.2. The molecule has 3 heterocycles. The molecule has 2 fully saturated rings. The lowest BCUT2D eigenvalue weighted by molar-refractivity contribution is -0.151. The van der Waals surface area contributed by atoms with Gasteiger partial charge in [-0.25, -0.2) is 4.79 Å². The third kappa shape index (κ3) is 13.2. The number of aliphatic hydroxyl groups is 4. The van der Waals surface area contributed by atoms with Crippen LogP contribution in [0, 0.1) is 11.8 Å². The van der Waals surface area contributed by atoms with Crippen molar-refractivity contribution in [1.29, 1.82) is 0 Å². The molecule has 14 heteroatoms. The Labute approximate surface area is 293 Å². The van der Waals surface area contributed by atoms with E-state index in [-0.39, 0.29) is 70.1 Å². The maximum atomic E-state index is 13.2. The first-order valence-electron chi connectivity index (χ1n) is 17.7. The minimum absolute atomic E-state index is 0.00115. The Kier molecular flexibility index (Phi) is 14.9. The molecular weight excluding hydrogens is 661 g/mol. The number of nitrogens with zero attached hydrogens (tertiary/aromatic N) is 2. The molecule has 0 aromatic rings. The number of amides is 1. The zero-order chi connectivity index (χ0) is 37.4. The molecule has 0 radical (unpaired) electrons. The predicted molar refractivity (Wildman–Crippen MR) is 180 cm³/mol. The molecule has 286 valence electrons. The molecule has 0 aliphatic carbocycles. The van der Waals surface area contributed by atoms with Crippen LogP contribution in [0.5, 0.6) is 0 Å². The highest BCUT2D eigenvalue weighted by Gasteiger charge is 2.47. The SMILES string of the molecule is CCC(O)C(C)C1OC1CC(C)(O)/C=C/C=C(\C)C1OC(=O)CC(O)CCC(C)(O)C(OC(=O)N2CCN(CCC(F)(F)F)CC2)/C=C\C1C. The highest BCUT2D eigenvalue weighted by Crippen LogP contribution is 2.37. The summed E-state index contributed by atoms with van der Waals surface area (Å²) in [5, 5.41) is 43.1. The highest BCUT2D eigenvalue weighted by atomic mass is 19.4. The van der Waals surface area contributed by atoms with Crippen LogP contribution < -0.4 is 0 Å². The Morgan fingerprint density at radius 1 is 1.22 bits per heavy atom. The van der Waals surface area contributed by atoms with E-state index in [9.17, 15) is 43.2 Å². The van der Waals surface area contributed by atoms with Gasteiger partial charge >= 0.3 is 18.2 Å². The Balaban J connectivity index is 1.71. The minimum Gasteiger partial charge on any atom is -0.457 e. The van der Waals surface area contributed by atoms with Gasteiger partial charge in [0.2, 0.25) is 0 Å².